The van der Waals surface area contributed by atoms with Crippen LogP contribution in [0, 0.1) is 0 Å². The quantitative estimate of drug-likeness (QED) is 0.299. The van der Waals surface area contributed by atoms with Crippen LogP contribution in [0.2, 0.25) is 0 Å². The second kappa shape index (κ2) is 39.6. The first-order valence-corrected chi connectivity index (χ1v) is 3.95. The topological polar surface area (TPSA) is 156 Å². The monoisotopic (exact) mass is 232 g/mol. The van der Waals surface area contributed by atoms with Crippen molar-refractivity contribution < 1.29 is 17.4 Å². The Hall–Kier alpha value is 0.292. The molecule has 0 bridgehead atoms. The van der Waals surface area contributed by atoms with E-state index in [0.29, 0.717) is 39.3 Å². The summed E-state index contributed by atoms with van der Waals surface area (Å²) in [6.45, 7) is 3.58. The minimum atomic E-state index is 0. The molecule has 0 radical (unpaired) electrons. The molecule has 0 saturated heterocycles. The summed E-state index contributed by atoms with van der Waals surface area (Å²) in [5.74, 6) is 0. The van der Waals surface area contributed by atoms with E-state index in [9.17, 15) is 0 Å². The van der Waals surface area contributed by atoms with Crippen LogP contribution in [-0.4, -0.2) is 39.3 Å². The van der Waals surface area contributed by atoms with E-state index >= 15 is 0 Å². The maximum atomic E-state index is 4.90. The zero-order valence-corrected chi connectivity index (χ0v) is 9.39. The van der Waals surface area contributed by atoms with Gasteiger partial charge in [0.2, 0.25) is 0 Å². The Morgan fingerprint density at radius 1 is 0.385 bits per heavy atom. The van der Waals surface area contributed by atoms with Crippen LogP contribution < -0.4 is 34.4 Å². The third kappa shape index (κ3) is 120. The van der Waals surface area contributed by atoms with Crippen molar-refractivity contribution in [1.29, 1.82) is 0 Å². The summed E-state index contributed by atoms with van der Waals surface area (Å²) in [7, 11) is 0. The molecule has 0 amide bonds. The minimum Gasteiger partial charge on any atom is -0.329 e. The molecule has 0 atom stereocenters. The first kappa shape index (κ1) is 23.3. The second-order valence-electron chi connectivity index (χ2n) is 1.73. The molecule has 13 heavy (non-hydrogen) atoms. The fourth-order valence-electron chi connectivity index (χ4n) is 0. The molecule has 0 aliphatic carbocycles. The zero-order chi connectivity index (χ0) is 10.2. The van der Waals surface area contributed by atoms with Gasteiger partial charge in [0.05, 0.1) is 0 Å². The van der Waals surface area contributed by atoms with Gasteiger partial charge in [0.25, 0.3) is 0 Å². The average molecular weight is 232 g/mol. The Labute approximate surface area is 91.5 Å². The largest absolute Gasteiger partial charge is 0.329 e. The van der Waals surface area contributed by atoms with Crippen molar-refractivity contribution in [3.63, 3.8) is 0 Å². The number of rotatable bonds is 3. The van der Waals surface area contributed by atoms with Gasteiger partial charge in [0.15, 0.2) is 0 Å². The molecule has 0 heterocycles. The zero-order valence-electron chi connectivity index (χ0n) is 8.11. The Bertz CT molecular complexity index is 32.6. The molecule has 0 rings (SSSR count). The first-order chi connectivity index (χ1) is 5.74. The van der Waals surface area contributed by atoms with Crippen molar-refractivity contribution in [2.24, 2.45) is 34.4 Å². The fourth-order valence-corrected chi connectivity index (χ4v) is 0. The molecule has 0 saturated carbocycles. The van der Waals surface area contributed by atoms with Crippen LogP contribution in [0.5, 0.6) is 0 Å². The molecule has 0 fully saturated rings. The van der Waals surface area contributed by atoms with Crippen LogP contribution in [0.25, 0.3) is 0 Å². The molecule has 0 spiro atoms. The maximum absolute atomic E-state index is 4.90. The van der Waals surface area contributed by atoms with Crippen LogP contribution in [-0.2, 0) is 17.4 Å². The van der Waals surface area contributed by atoms with Gasteiger partial charge in [0, 0.05) is 56.6 Å². The van der Waals surface area contributed by atoms with Gasteiger partial charge in [-0.05, 0) is 0 Å². The SMILES string of the molecule is NCCN.NCCN.NCCN.[Cr]. The summed E-state index contributed by atoms with van der Waals surface area (Å²) in [6, 6.07) is 0. The van der Waals surface area contributed by atoms with Gasteiger partial charge >= 0.3 is 0 Å². The van der Waals surface area contributed by atoms with Crippen LogP contribution in [0.15, 0.2) is 0 Å². The summed E-state index contributed by atoms with van der Waals surface area (Å²) < 4.78 is 0. The van der Waals surface area contributed by atoms with E-state index in [0.717, 1.165) is 0 Å². The van der Waals surface area contributed by atoms with E-state index in [1.807, 2.05) is 0 Å². The molecule has 0 aliphatic rings. The van der Waals surface area contributed by atoms with Crippen molar-refractivity contribution >= 4 is 0 Å². The molecule has 0 aromatic heterocycles. The summed E-state index contributed by atoms with van der Waals surface area (Å²) >= 11 is 0. The van der Waals surface area contributed by atoms with Gasteiger partial charge in [-0.15, -0.1) is 0 Å². The van der Waals surface area contributed by atoms with Gasteiger partial charge in [0.1, 0.15) is 0 Å². The van der Waals surface area contributed by atoms with Crippen LogP contribution in [0.1, 0.15) is 0 Å². The van der Waals surface area contributed by atoms with Crippen LogP contribution in [0.3, 0.4) is 0 Å². The first-order valence-electron chi connectivity index (χ1n) is 3.95. The van der Waals surface area contributed by atoms with E-state index in [-0.39, 0.29) is 17.4 Å². The summed E-state index contributed by atoms with van der Waals surface area (Å²) in [5.41, 5.74) is 29.4. The summed E-state index contributed by atoms with van der Waals surface area (Å²) in [4.78, 5) is 0. The normalized spacial score (nSPS) is 6.92. The van der Waals surface area contributed by atoms with Crippen LogP contribution >= 0.6 is 0 Å². The van der Waals surface area contributed by atoms with Gasteiger partial charge < -0.3 is 34.4 Å². The Balaban J connectivity index is -0.0000000450. The van der Waals surface area contributed by atoms with E-state index in [2.05, 4.69) is 0 Å². The molecular weight excluding hydrogens is 208 g/mol. The Morgan fingerprint density at radius 2 is 0.462 bits per heavy atom. The van der Waals surface area contributed by atoms with Crippen molar-refractivity contribution in [3.8, 4) is 0 Å². The molecule has 12 N–H and O–H groups in total. The van der Waals surface area contributed by atoms with Crippen LogP contribution in [0.4, 0.5) is 0 Å². The Morgan fingerprint density at radius 3 is 0.462 bits per heavy atom. The molecule has 0 aromatic rings. The molecule has 6 nitrogen and oxygen atoms in total. The van der Waals surface area contributed by atoms with E-state index in [4.69, 9.17) is 34.4 Å². The van der Waals surface area contributed by atoms with E-state index < -0.39 is 0 Å². The van der Waals surface area contributed by atoms with E-state index in [1.165, 1.54) is 0 Å². The van der Waals surface area contributed by atoms with Crippen molar-refractivity contribution in [3.05, 3.63) is 0 Å². The standard InChI is InChI=1S/3C2H8N2.Cr/c3*3-1-2-4;/h3*1-4H2;. The Kier molecular flexibility index (Phi) is 70.8. The molecule has 0 aliphatic heterocycles. The molecule has 0 unspecified atom stereocenters. The number of hydrogen-bond donors (Lipinski definition) is 6. The molecule has 84 valence electrons. The van der Waals surface area contributed by atoms with E-state index in [1.54, 1.807) is 0 Å². The summed E-state index contributed by atoms with van der Waals surface area (Å²) in [5, 5.41) is 0. The maximum Gasteiger partial charge on any atom is 0.00461 e. The smallest absolute Gasteiger partial charge is 0.00461 e. The van der Waals surface area contributed by atoms with Crippen molar-refractivity contribution in [2.75, 3.05) is 39.3 Å². The molecular formula is C6H24CrN6. The number of nitrogens with two attached hydrogens (primary N) is 6. The predicted molar refractivity (Wildman–Crippen MR) is 54.3 cm³/mol. The van der Waals surface area contributed by atoms with Gasteiger partial charge in [-0.2, -0.15) is 0 Å². The molecule has 7 heteroatoms. The third-order valence-electron chi connectivity index (χ3n) is 0.500. The average Bonchev–Trinajstić information content (AvgIpc) is 2.18. The summed E-state index contributed by atoms with van der Waals surface area (Å²) in [6.07, 6.45) is 0. The predicted octanol–water partition coefficient (Wildman–Crippen LogP) is -3.29. The van der Waals surface area contributed by atoms with Gasteiger partial charge in [-0.3, -0.25) is 0 Å². The molecule has 0 aromatic carbocycles. The van der Waals surface area contributed by atoms with Gasteiger partial charge in [-0.25, -0.2) is 0 Å². The minimum absolute atomic E-state index is 0. The van der Waals surface area contributed by atoms with Crippen molar-refractivity contribution in [1.82, 2.24) is 0 Å². The van der Waals surface area contributed by atoms with Crippen molar-refractivity contribution in [2.45, 2.75) is 0 Å². The number of hydrogen-bond acceptors (Lipinski definition) is 6. The second-order valence-corrected chi connectivity index (χ2v) is 1.73. The van der Waals surface area contributed by atoms with Gasteiger partial charge in [-0.1, -0.05) is 0 Å². The fraction of sp³-hybridized carbons (Fsp3) is 1.00. The third-order valence-corrected chi connectivity index (χ3v) is 0.500.